The van der Waals surface area contributed by atoms with Crippen LogP contribution in [0.3, 0.4) is 0 Å². The van der Waals surface area contributed by atoms with Gasteiger partial charge >= 0.3 is 0 Å². The average molecular weight is 377 g/mol. The van der Waals surface area contributed by atoms with E-state index in [9.17, 15) is 9.90 Å². The number of carbonyl (C=O) groups excluding carboxylic acids is 1. The Kier molecular flexibility index (Phi) is 9.48. The van der Waals surface area contributed by atoms with Gasteiger partial charge in [-0.25, -0.2) is 0 Å². The second kappa shape index (κ2) is 12.2. The van der Waals surface area contributed by atoms with E-state index < -0.39 is 0 Å². The predicted octanol–water partition coefficient (Wildman–Crippen LogP) is 1.88. The van der Waals surface area contributed by atoms with Crippen LogP contribution in [0.1, 0.15) is 43.0 Å². The van der Waals surface area contributed by atoms with Crippen molar-refractivity contribution in [3.63, 3.8) is 0 Å². The molecule has 0 atom stereocenters. The fourth-order valence-corrected chi connectivity index (χ4v) is 2.48. The van der Waals surface area contributed by atoms with Crippen molar-refractivity contribution in [2.24, 2.45) is 10.9 Å². The summed E-state index contributed by atoms with van der Waals surface area (Å²) in [5.74, 6) is 1.50. The quantitative estimate of drug-likeness (QED) is 0.254. The third kappa shape index (κ3) is 9.28. The number of phenols is 1. The molecular formula is C20H32N4O3. The van der Waals surface area contributed by atoms with Crippen LogP contribution in [-0.4, -0.2) is 56.4 Å². The summed E-state index contributed by atoms with van der Waals surface area (Å²) >= 11 is 0. The lowest BCUT2D eigenvalue weighted by Gasteiger charge is -2.11. The first-order chi connectivity index (χ1) is 13.2. The number of hydrogen-bond acceptors (Lipinski definition) is 4. The molecule has 1 aromatic rings. The molecule has 7 heteroatoms. The Labute approximate surface area is 161 Å². The Balaban J connectivity index is 1.57. The van der Waals surface area contributed by atoms with E-state index in [1.165, 1.54) is 18.9 Å². The number of phenolic OH excluding ortho intramolecular Hbond substituents is 1. The Hall–Kier alpha value is -2.28. The normalized spacial score (nSPS) is 14.0. The Bertz CT molecular complexity index is 603. The molecule has 0 aromatic heterocycles. The van der Waals surface area contributed by atoms with Crippen molar-refractivity contribution in [1.82, 2.24) is 16.0 Å². The van der Waals surface area contributed by atoms with Crippen molar-refractivity contribution in [2.75, 3.05) is 39.4 Å². The lowest BCUT2D eigenvalue weighted by molar-refractivity contribution is 0.0953. The zero-order valence-electron chi connectivity index (χ0n) is 16.2. The molecule has 1 aliphatic rings. The fourth-order valence-electron chi connectivity index (χ4n) is 2.48. The summed E-state index contributed by atoms with van der Waals surface area (Å²) < 4.78 is 5.62. The van der Waals surface area contributed by atoms with Crippen molar-refractivity contribution in [1.29, 1.82) is 0 Å². The Morgan fingerprint density at radius 3 is 2.78 bits per heavy atom. The number of nitrogens with one attached hydrogen (secondary N) is 3. The van der Waals surface area contributed by atoms with Gasteiger partial charge in [-0.2, -0.15) is 0 Å². The van der Waals surface area contributed by atoms with Gasteiger partial charge < -0.3 is 25.8 Å². The number of aromatic hydroxyl groups is 1. The van der Waals surface area contributed by atoms with Gasteiger partial charge in [0.25, 0.3) is 5.91 Å². The molecule has 0 heterocycles. The largest absolute Gasteiger partial charge is 0.508 e. The summed E-state index contributed by atoms with van der Waals surface area (Å²) in [6.07, 6.45) is 4.34. The molecule has 27 heavy (non-hydrogen) atoms. The maximum absolute atomic E-state index is 12.0. The van der Waals surface area contributed by atoms with Gasteiger partial charge in [0.2, 0.25) is 0 Å². The first-order valence-electron chi connectivity index (χ1n) is 9.86. The van der Waals surface area contributed by atoms with Crippen LogP contribution >= 0.6 is 0 Å². The molecule has 1 saturated carbocycles. The van der Waals surface area contributed by atoms with Gasteiger partial charge in [0.1, 0.15) is 5.75 Å². The second-order valence-electron chi connectivity index (χ2n) is 6.72. The molecule has 2 rings (SSSR count). The molecule has 1 fully saturated rings. The van der Waals surface area contributed by atoms with Crippen LogP contribution in [0.2, 0.25) is 0 Å². The SMILES string of the molecule is CCNC(=NCCCNC(=O)c1cccc(O)c1)NCCCOCC1CC1. The number of carbonyl (C=O) groups is 1. The Morgan fingerprint density at radius 1 is 1.22 bits per heavy atom. The number of amides is 1. The molecular weight excluding hydrogens is 344 g/mol. The van der Waals surface area contributed by atoms with Gasteiger partial charge in [-0.05, 0) is 56.7 Å². The highest BCUT2D eigenvalue weighted by Gasteiger charge is 2.20. The molecule has 1 amide bonds. The summed E-state index contributed by atoms with van der Waals surface area (Å²) in [4.78, 5) is 16.5. The highest BCUT2D eigenvalue weighted by molar-refractivity contribution is 5.94. The maximum atomic E-state index is 12.0. The number of aliphatic imine (C=N–C) groups is 1. The molecule has 1 aromatic carbocycles. The van der Waals surface area contributed by atoms with Crippen LogP contribution in [0.4, 0.5) is 0 Å². The van der Waals surface area contributed by atoms with Crippen LogP contribution in [0, 0.1) is 5.92 Å². The molecule has 1 aliphatic carbocycles. The zero-order valence-corrected chi connectivity index (χ0v) is 16.2. The van der Waals surface area contributed by atoms with E-state index in [-0.39, 0.29) is 11.7 Å². The monoisotopic (exact) mass is 376 g/mol. The van der Waals surface area contributed by atoms with Gasteiger partial charge in [0, 0.05) is 45.0 Å². The van der Waals surface area contributed by atoms with Gasteiger partial charge in [-0.15, -0.1) is 0 Å². The number of rotatable bonds is 12. The fraction of sp³-hybridized carbons (Fsp3) is 0.600. The molecule has 0 radical (unpaired) electrons. The average Bonchev–Trinajstić information content (AvgIpc) is 3.48. The molecule has 0 unspecified atom stereocenters. The summed E-state index contributed by atoms with van der Waals surface area (Å²) in [6.45, 7) is 6.50. The third-order valence-electron chi connectivity index (χ3n) is 4.15. The van der Waals surface area contributed by atoms with E-state index in [0.29, 0.717) is 18.7 Å². The van der Waals surface area contributed by atoms with E-state index in [0.717, 1.165) is 51.0 Å². The van der Waals surface area contributed by atoms with Gasteiger partial charge in [0.05, 0.1) is 0 Å². The number of nitrogens with zero attached hydrogens (tertiary/aromatic N) is 1. The molecule has 0 saturated heterocycles. The van der Waals surface area contributed by atoms with Crippen molar-refractivity contribution in [2.45, 2.75) is 32.6 Å². The van der Waals surface area contributed by atoms with Crippen LogP contribution in [0.15, 0.2) is 29.3 Å². The summed E-state index contributed by atoms with van der Waals surface area (Å²) in [7, 11) is 0. The van der Waals surface area contributed by atoms with Crippen molar-refractivity contribution in [3.05, 3.63) is 29.8 Å². The molecule has 0 bridgehead atoms. The summed E-state index contributed by atoms with van der Waals surface area (Å²) in [5, 5.41) is 18.8. The van der Waals surface area contributed by atoms with Gasteiger partial charge in [-0.1, -0.05) is 6.07 Å². The lowest BCUT2D eigenvalue weighted by Crippen LogP contribution is -2.38. The van der Waals surface area contributed by atoms with E-state index >= 15 is 0 Å². The Morgan fingerprint density at radius 2 is 2.04 bits per heavy atom. The van der Waals surface area contributed by atoms with Crippen molar-refractivity contribution < 1.29 is 14.6 Å². The first-order valence-corrected chi connectivity index (χ1v) is 9.86. The topological polar surface area (TPSA) is 95.0 Å². The first kappa shape index (κ1) is 21.0. The molecule has 0 spiro atoms. The third-order valence-corrected chi connectivity index (χ3v) is 4.15. The standard InChI is InChI=1S/C20H32N4O3/c1-2-21-20(24-12-5-13-27-15-16-8-9-16)23-11-4-10-22-19(26)17-6-3-7-18(25)14-17/h3,6-7,14,16,25H,2,4-5,8-13,15H2,1H3,(H,22,26)(H2,21,23,24). The molecule has 0 aliphatic heterocycles. The zero-order chi connectivity index (χ0) is 19.3. The highest BCUT2D eigenvalue weighted by Crippen LogP contribution is 2.28. The molecule has 4 N–H and O–H groups in total. The summed E-state index contributed by atoms with van der Waals surface area (Å²) in [5.41, 5.74) is 0.456. The van der Waals surface area contributed by atoms with Gasteiger partial charge in [-0.3, -0.25) is 9.79 Å². The number of ether oxygens (including phenoxy) is 1. The van der Waals surface area contributed by atoms with Crippen LogP contribution < -0.4 is 16.0 Å². The number of guanidine groups is 1. The lowest BCUT2D eigenvalue weighted by atomic mass is 10.2. The summed E-state index contributed by atoms with van der Waals surface area (Å²) in [6, 6.07) is 6.32. The predicted molar refractivity (Wildman–Crippen MR) is 107 cm³/mol. The smallest absolute Gasteiger partial charge is 0.251 e. The van der Waals surface area contributed by atoms with Gasteiger partial charge in [0.15, 0.2) is 5.96 Å². The highest BCUT2D eigenvalue weighted by atomic mass is 16.5. The minimum Gasteiger partial charge on any atom is -0.508 e. The van der Waals surface area contributed by atoms with E-state index in [1.807, 2.05) is 6.92 Å². The van der Waals surface area contributed by atoms with Crippen LogP contribution in [0.25, 0.3) is 0 Å². The maximum Gasteiger partial charge on any atom is 0.251 e. The van der Waals surface area contributed by atoms with E-state index in [1.54, 1.807) is 18.2 Å². The van der Waals surface area contributed by atoms with Crippen LogP contribution in [0.5, 0.6) is 5.75 Å². The minimum atomic E-state index is -0.189. The molecule has 7 nitrogen and oxygen atoms in total. The molecule has 150 valence electrons. The van der Waals surface area contributed by atoms with E-state index in [4.69, 9.17) is 4.74 Å². The van der Waals surface area contributed by atoms with Crippen molar-refractivity contribution >= 4 is 11.9 Å². The van der Waals surface area contributed by atoms with Crippen molar-refractivity contribution in [3.8, 4) is 5.75 Å². The van der Waals surface area contributed by atoms with E-state index in [2.05, 4.69) is 20.9 Å². The minimum absolute atomic E-state index is 0.0894. The number of hydrogen-bond donors (Lipinski definition) is 4. The second-order valence-corrected chi connectivity index (χ2v) is 6.72. The number of benzene rings is 1. The van der Waals surface area contributed by atoms with Crippen LogP contribution in [-0.2, 0) is 4.74 Å².